The molecule has 1 N–H and O–H groups in total. The van der Waals surface area contributed by atoms with Crippen LogP contribution in [0.5, 0.6) is 0 Å². The highest BCUT2D eigenvalue weighted by atomic mass is 35.5. The fourth-order valence-corrected chi connectivity index (χ4v) is 4.05. The molecule has 2 bridgehead atoms. The minimum Gasteiger partial charge on any atom is -0.311 e. The van der Waals surface area contributed by atoms with E-state index in [-0.39, 0.29) is 0 Å². The number of hydrogen-bond acceptors (Lipinski definition) is 3. The average Bonchev–Trinajstić information content (AvgIpc) is 2.84. The fraction of sp³-hybridized carbons (Fsp3) is 0.733. The second-order valence-electron chi connectivity index (χ2n) is 6.37. The summed E-state index contributed by atoms with van der Waals surface area (Å²) in [6, 6.07) is 1.30. The summed E-state index contributed by atoms with van der Waals surface area (Å²) < 4.78 is 1.64. The van der Waals surface area contributed by atoms with Gasteiger partial charge in [0.05, 0.1) is 5.69 Å². The highest BCUT2D eigenvalue weighted by Gasteiger charge is 2.34. The molecule has 2 saturated heterocycles. The van der Waals surface area contributed by atoms with Crippen molar-refractivity contribution in [3.05, 3.63) is 16.4 Å². The van der Waals surface area contributed by atoms with Crippen molar-refractivity contribution in [3.8, 4) is 0 Å². The fourth-order valence-electron chi connectivity index (χ4n) is 3.81. The Kier molecular flexibility index (Phi) is 3.87. The highest BCUT2D eigenvalue weighted by Crippen LogP contribution is 2.33. The topological polar surface area (TPSA) is 46.9 Å². The maximum Gasteiger partial charge on any atom is 0.137 e. The molecule has 0 amide bonds. The first-order valence-electron chi connectivity index (χ1n) is 7.48. The Morgan fingerprint density at radius 3 is 2.60 bits per heavy atom. The van der Waals surface area contributed by atoms with E-state index >= 15 is 0 Å². The predicted molar refractivity (Wildman–Crippen MR) is 79.0 cm³/mol. The van der Waals surface area contributed by atoms with E-state index in [2.05, 4.69) is 10.4 Å². The van der Waals surface area contributed by atoms with Crippen molar-refractivity contribution < 1.29 is 4.79 Å². The van der Waals surface area contributed by atoms with Gasteiger partial charge in [-0.3, -0.25) is 9.48 Å². The molecule has 2 fully saturated rings. The number of fused-ring (bicyclic) bond motifs is 2. The van der Waals surface area contributed by atoms with Gasteiger partial charge in [0, 0.05) is 37.5 Å². The van der Waals surface area contributed by atoms with Crippen LogP contribution in [0.4, 0.5) is 0 Å². The number of nitrogens with one attached hydrogen (secondary N) is 1. The van der Waals surface area contributed by atoms with Crippen LogP contribution in [0.2, 0.25) is 5.15 Å². The number of Topliss-reactive ketones (excluding diaryl/α,β-unsaturated/α-hetero) is 1. The first-order chi connectivity index (χ1) is 9.52. The molecule has 0 aliphatic carbocycles. The van der Waals surface area contributed by atoms with Gasteiger partial charge in [-0.05, 0) is 38.5 Å². The summed E-state index contributed by atoms with van der Waals surface area (Å²) >= 11 is 6.20. The van der Waals surface area contributed by atoms with Crippen molar-refractivity contribution in [2.75, 3.05) is 0 Å². The van der Waals surface area contributed by atoms with Gasteiger partial charge in [0.2, 0.25) is 0 Å². The van der Waals surface area contributed by atoms with Gasteiger partial charge in [0.25, 0.3) is 0 Å². The van der Waals surface area contributed by atoms with E-state index in [1.54, 1.807) is 4.68 Å². The molecule has 4 nitrogen and oxygen atoms in total. The summed E-state index contributed by atoms with van der Waals surface area (Å²) in [5.74, 6) is 0.853. The van der Waals surface area contributed by atoms with E-state index in [4.69, 9.17) is 11.6 Å². The van der Waals surface area contributed by atoms with Crippen LogP contribution < -0.4 is 5.32 Å². The average molecular weight is 296 g/mol. The normalized spacial score (nSPS) is 28.9. The third-order valence-electron chi connectivity index (χ3n) is 4.73. The number of rotatable bonds is 4. The molecular formula is C15H22ClN3O. The predicted octanol–water partition coefficient (Wildman–Crippen LogP) is 2.41. The van der Waals surface area contributed by atoms with E-state index in [9.17, 15) is 4.79 Å². The third-order valence-corrected chi connectivity index (χ3v) is 5.20. The molecule has 110 valence electrons. The Morgan fingerprint density at radius 2 is 2.05 bits per heavy atom. The Hall–Kier alpha value is -0.870. The van der Waals surface area contributed by atoms with Crippen LogP contribution in [-0.4, -0.2) is 27.6 Å². The van der Waals surface area contributed by atoms with Crippen molar-refractivity contribution in [3.63, 3.8) is 0 Å². The molecule has 1 aromatic heterocycles. The second-order valence-corrected chi connectivity index (χ2v) is 6.73. The molecule has 0 spiro atoms. The van der Waals surface area contributed by atoms with Gasteiger partial charge in [0.1, 0.15) is 10.9 Å². The van der Waals surface area contributed by atoms with Crippen molar-refractivity contribution in [1.82, 2.24) is 15.1 Å². The van der Waals surface area contributed by atoms with Crippen LogP contribution in [0.25, 0.3) is 0 Å². The number of aryl methyl sites for hydroxylation is 2. The smallest absolute Gasteiger partial charge is 0.137 e. The van der Waals surface area contributed by atoms with Gasteiger partial charge in [-0.2, -0.15) is 5.10 Å². The van der Waals surface area contributed by atoms with E-state index in [0.717, 1.165) is 24.1 Å². The van der Waals surface area contributed by atoms with E-state index in [1.165, 1.54) is 12.8 Å². The molecule has 1 aromatic rings. The van der Waals surface area contributed by atoms with Gasteiger partial charge in [-0.25, -0.2) is 0 Å². The number of nitrogens with zero attached hydrogens (tertiary/aromatic N) is 2. The zero-order chi connectivity index (χ0) is 14.3. The van der Waals surface area contributed by atoms with Crippen molar-refractivity contribution >= 4 is 17.4 Å². The Balaban J connectivity index is 1.60. The molecule has 20 heavy (non-hydrogen) atoms. The standard InChI is InChI=1S/C15H22ClN3O/c1-9-14(15(16)19(2)18-9)8-13(20)7-10-5-11-3-4-12(6-10)17-11/h10-12,17H,3-8H2,1-2H3. The van der Waals surface area contributed by atoms with Crippen molar-refractivity contribution in [1.29, 1.82) is 0 Å². The van der Waals surface area contributed by atoms with E-state index in [1.807, 2.05) is 14.0 Å². The number of piperidine rings is 1. The molecule has 0 radical (unpaired) electrons. The van der Waals surface area contributed by atoms with Gasteiger partial charge in [-0.15, -0.1) is 0 Å². The molecule has 3 heterocycles. The Bertz CT molecular complexity index is 513. The first kappa shape index (κ1) is 14.1. The number of ketones is 1. The minimum atomic E-state index is 0.300. The highest BCUT2D eigenvalue weighted by molar-refractivity contribution is 6.30. The second kappa shape index (κ2) is 5.49. The van der Waals surface area contributed by atoms with Gasteiger partial charge in [0.15, 0.2) is 0 Å². The van der Waals surface area contributed by atoms with Gasteiger partial charge in [-0.1, -0.05) is 11.6 Å². The van der Waals surface area contributed by atoms with Gasteiger partial charge >= 0.3 is 0 Å². The molecule has 0 aromatic carbocycles. The zero-order valence-corrected chi connectivity index (χ0v) is 12.9. The molecular weight excluding hydrogens is 274 g/mol. The van der Waals surface area contributed by atoms with Crippen LogP contribution in [-0.2, 0) is 18.3 Å². The molecule has 2 unspecified atom stereocenters. The van der Waals surface area contributed by atoms with Crippen LogP contribution in [0.1, 0.15) is 43.4 Å². The SMILES string of the molecule is Cc1nn(C)c(Cl)c1CC(=O)CC1CC2CCC(C1)N2. The summed E-state index contributed by atoms with van der Waals surface area (Å²) in [5, 5.41) is 8.48. The Labute approximate surface area is 124 Å². The van der Waals surface area contributed by atoms with E-state index < -0.39 is 0 Å². The van der Waals surface area contributed by atoms with E-state index in [0.29, 0.717) is 41.8 Å². The van der Waals surface area contributed by atoms with Crippen LogP contribution in [0.3, 0.4) is 0 Å². The van der Waals surface area contributed by atoms with Crippen LogP contribution in [0.15, 0.2) is 0 Å². The van der Waals surface area contributed by atoms with Gasteiger partial charge < -0.3 is 5.32 Å². The summed E-state index contributed by atoms with van der Waals surface area (Å²) in [5.41, 5.74) is 1.77. The van der Waals surface area contributed by atoms with Crippen molar-refractivity contribution in [2.24, 2.45) is 13.0 Å². The summed E-state index contributed by atoms with van der Waals surface area (Å²) in [4.78, 5) is 12.3. The lowest BCUT2D eigenvalue weighted by Crippen LogP contribution is -2.38. The van der Waals surface area contributed by atoms with Crippen LogP contribution in [0, 0.1) is 12.8 Å². The lowest BCUT2D eigenvalue weighted by Gasteiger charge is -2.28. The minimum absolute atomic E-state index is 0.300. The number of carbonyl (C=O) groups excluding carboxylic acids is 1. The number of hydrogen-bond donors (Lipinski definition) is 1. The summed E-state index contributed by atoms with van der Waals surface area (Å²) in [7, 11) is 1.81. The molecule has 2 aliphatic heterocycles. The lowest BCUT2D eigenvalue weighted by atomic mass is 9.87. The summed E-state index contributed by atoms with van der Waals surface area (Å²) in [6.45, 7) is 1.92. The quantitative estimate of drug-likeness (QED) is 0.928. The molecule has 5 heteroatoms. The molecule has 0 saturated carbocycles. The first-order valence-corrected chi connectivity index (χ1v) is 7.86. The monoisotopic (exact) mass is 295 g/mol. The molecule has 2 aliphatic rings. The Morgan fingerprint density at radius 1 is 1.40 bits per heavy atom. The van der Waals surface area contributed by atoms with Crippen molar-refractivity contribution in [2.45, 2.75) is 57.5 Å². The number of carbonyl (C=O) groups is 1. The number of aromatic nitrogens is 2. The maximum atomic E-state index is 12.3. The zero-order valence-electron chi connectivity index (χ0n) is 12.2. The van der Waals surface area contributed by atoms with Crippen LogP contribution >= 0.6 is 11.6 Å². The molecule has 3 rings (SSSR count). The lowest BCUT2D eigenvalue weighted by molar-refractivity contribution is -0.119. The summed E-state index contributed by atoms with van der Waals surface area (Å²) in [6.07, 6.45) is 5.99. The molecule has 2 atom stereocenters. The third kappa shape index (κ3) is 2.77. The maximum absolute atomic E-state index is 12.3. The number of halogens is 1. The largest absolute Gasteiger partial charge is 0.311 e.